The Morgan fingerprint density at radius 3 is 2.83 bits per heavy atom. The number of carbonyl (C=O) groups is 1. The zero-order valence-electron chi connectivity index (χ0n) is 14.8. The molecule has 24 heavy (non-hydrogen) atoms. The molecule has 5 nitrogen and oxygen atoms in total. The topological polar surface area (TPSA) is 56.2 Å². The molecule has 1 saturated heterocycles. The molecular weight excluding hydrogens is 302 g/mol. The van der Waals surface area contributed by atoms with Crippen molar-refractivity contribution in [3.8, 4) is 0 Å². The Bertz CT molecular complexity index is 745. The summed E-state index contributed by atoms with van der Waals surface area (Å²) in [5, 5.41) is 7.60. The molecule has 5 heteroatoms. The molecule has 3 rings (SSSR count). The van der Waals surface area contributed by atoms with Crippen molar-refractivity contribution in [3.63, 3.8) is 0 Å². The van der Waals surface area contributed by atoms with E-state index in [-0.39, 0.29) is 17.9 Å². The summed E-state index contributed by atoms with van der Waals surface area (Å²) in [6.07, 6.45) is 2.72. The minimum atomic E-state index is -0.0734. The van der Waals surface area contributed by atoms with Crippen molar-refractivity contribution in [1.29, 1.82) is 0 Å². The lowest BCUT2D eigenvalue weighted by Gasteiger charge is -2.16. The highest BCUT2D eigenvalue weighted by Crippen LogP contribution is 2.27. The van der Waals surface area contributed by atoms with Gasteiger partial charge in [-0.3, -0.25) is 9.48 Å². The molecular formula is C19H25N3O2. The Kier molecular flexibility index (Phi) is 4.71. The van der Waals surface area contributed by atoms with Gasteiger partial charge in [-0.05, 0) is 43.9 Å². The van der Waals surface area contributed by atoms with Crippen LogP contribution >= 0.6 is 0 Å². The fraction of sp³-hybridized carbons (Fsp3) is 0.474. The second-order valence-corrected chi connectivity index (χ2v) is 6.70. The van der Waals surface area contributed by atoms with E-state index < -0.39 is 0 Å². The molecule has 2 heterocycles. The van der Waals surface area contributed by atoms with Crippen LogP contribution in [0.15, 0.2) is 24.4 Å². The standard InChI is InChI=1S/C19H25N3O2/c1-12-5-6-15(9-13(12)2)14(3)20-19(23)17-10-22(4)21-18(17)16-7-8-24-11-16/h5-6,9-10,14,16H,7-8,11H2,1-4H3,(H,20,23). The van der Waals surface area contributed by atoms with Crippen LogP contribution in [0.4, 0.5) is 0 Å². The molecule has 0 aliphatic carbocycles. The van der Waals surface area contributed by atoms with Gasteiger partial charge in [0.1, 0.15) is 0 Å². The maximum atomic E-state index is 12.8. The largest absolute Gasteiger partial charge is 0.381 e. The van der Waals surface area contributed by atoms with Crippen molar-refractivity contribution in [2.75, 3.05) is 13.2 Å². The minimum absolute atomic E-state index is 0.0512. The van der Waals surface area contributed by atoms with Crippen LogP contribution in [0, 0.1) is 13.8 Å². The number of rotatable bonds is 4. The average Bonchev–Trinajstić information content (AvgIpc) is 3.18. The van der Waals surface area contributed by atoms with Gasteiger partial charge in [-0.2, -0.15) is 5.10 Å². The Morgan fingerprint density at radius 2 is 2.17 bits per heavy atom. The predicted molar refractivity (Wildman–Crippen MR) is 93.2 cm³/mol. The van der Waals surface area contributed by atoms with Gasteiger partial charge >= 0.3 is 0 Å². The van der Waals surface area contributed by atoms with Crippen molar-refractivity contribution in [2.24, 2.45) is 7.05 Å². The van der Waals surface area contributed by atoms with E-state index in [1.165, 1.54) is 11.1 Å². The van der Waals surface area contributed by atoms with E-state index in [4.69, 9.17) is 4.74 Å². The van der Waals surface area contributed by atoms with Crippen molar-refractivity contribution in [2.45, 2.75) is 39.2 Å². The number of amides is 1. The van der Waals surface area contributed by atoms with Gasteiger partial charge in [-0.15, -0.1) is 0 Å². The lowest BCUT2D eigenvalue weighted by atomic mass is 9.99. The smallest absolute Gasteiger partial charge is 0.255 e. The molecule has 1 aromatic heterocycles. The van der Waals surface area contributed by atoms with E-state index in [2.05, 4.69) is 42.5 Å². The molecule has 1 amide bonds. The van der Waals surface area contributed by atoms with Crippen LogP contribution < -0.4 is 5.32 Å². The van der Waals surface area contributed by atoms with E-state index in [0.717, 1.165) is 24.3 Å². The number of ether oxygens (including phenoxy) is 1. The van der Waals surface area contributed by atoms with Crippen LogP contribution in [0.2, 0.25) is 0 Å². The first-order valence-corrected chi connectivity index (χ1v) is 8.45. The van der Waals surface area contributed by atoms with Gasteiger partial charge in [0.2, 0.25) is 0 Å². The van der Waals surface area contributed by atoms with Gasteiger partial charge in [0, 0.05) is 25.8 Å². The molecule has 1 aliphatic heterocycles. The summed E-state index contributed by atoms with van der Waals surface area (Å²) < 4.78 is 7.16. The molecule has 2 aromatic rings. The zero-order chi connectivity index (χ0) is 17.3. The minimum Gasteiger partial charge on any atom is -0.381 e. The lowest BCUT2D eigenvalue weighted by Crippen LogP contribution is -2.27. The molecule has 2 unspecified atom stereocenters. The maximum absolute atomic E-state index is 12.8. The first kappa shape index (κ1) is 16.7. The third kappa shape index (κ3) is 3.36. The number of hydrogen-bond acceptors (Lipinski definition) is 3. The van der Waals surface area contributed by atoms with Gasteiger partial charge in [-0.25, -0.2) is 0 Å². The summed E-state index contributed by atoms with van der Waals surface area (Å²) in [5.41, 5.74) is 5.11. The van der Waals surface area contributed by atoms with Crippen molar-refractivity contribution in [1.82, 2.24) is 15.1 Å². The molecule has 1 aliphatic rings. The Balaban J connectivity index is 1.78. The molecule has 1 aromatic carbocycles. The van der Waals surface area contributed by atoms with Gasteiger partial charge < -0.3 is 10.1 Å². The lowest BCUT2D eigenvalue weighted by molar-refractivity contribution is 0.0938. The van der Waals surface area contributed by atoms with Crippen LogP contribution in [0.25, 0.3) is 0 Å². The molecule has 0 radical (unpaired) electrons. The molecule has 1 N–H and O–H groups in total. The Labute approximate surface area is 143 Å². The summed E-state index contributed by atoms with van der Waals surface area (Å²) in [5.74, 6) is 0.139. The molecule has 1 fully saturated rings. The van der Waals surface area contributed by atoms with E-state index in [1.807, 2.05) is 14.0 Å². The first-order chi connectivity index (χ1) is 11.5. The highest BCUT2D eigenvalue weighted by atomic mass is 16.5. The number of carbonyl (C=O) groups excluding carboxylic acids is 1. The summed E-state index contributed by atoms with van der Waals surface area (Å²) in [4.78, 5) is 12.8. The number of aromatic nitrogens is 2. The fourth-order valence-corrected chi connectivity index (χ4v) is 3.12. The molecule has 128 valence electrons. The summed E-state index contributed by atoms with van der Waals surface area (Å²) >= 11 is 0. The average molecular weight is 327 g/mol. The van der Waals surface area contributed by atoms with Crippen LogP contribution in [0.3, 0.4) is 0 Å². The number of aryl methyl sites for hydroxylation is 3. The summed E-state index contributed by atoms with van der Waals surface area (Å²) in [6.45, 7) is 7.57. The first-order valence-electron chi connectivity index (χ1n) is 8.45. The highest BCUT2D eigenvalue weighted by molar-refractivity contribution is 5.95. The van der Waals surface area contributed by atoms with Crippen molar-refractivity contribution >= 4 is 5.91 Å². The van der Waals surface area contributed by atoms with Crippen LogP contribution in [0.5, 0.6) is 0 Å². The van der Waals surface area contributed by atoms with E-state index in [0.29, 0.717) is 12.2 Å². The normalized spacial score (nSPS) is 18.6. The molecule has 2 atom stereocenters. The van der Waals surface area contributed by atoms with E-state index in [1.54, 1.807) is 10.9 Å². The van der Waals surface area contributed by atoms with Gasteiger partial charge in [0.15, 0.2) is 0 Å². The predicted octanol–water partition coefficient (Wildman–Crippen LogP) is 3.03. The van der Waals surface area contributed by atoms with Crippen molar-refractivity contribution < 1.29 is 9.53 Å². The van der Waals surface area contributed by atoms with E-state index >= 15 is 0 Å². The number of nitrogens with zero attached hydrogens (tertiary/aromatic N) is 2. The Hall–Kier alpha value is -2.14. The Morgan fingerprint density at radius 1 is 1.38 bits per heavy atom. The molecule has 0 bridgehead atoms. The summed E-state index contributed by atoms with van der Waals surface area (Å²) in [7, 11) is 1.85. The SMILES string of the molecule is Cc1ccc(C(C)NC(=O)c2cn(C)nc2C2CCOC2)cc1C. The van der Waals surface area contributed by atoms with Gasteiger partial charge in [0.25, 0.3) is 5.91 Å². The monoisotopic (exact) mass is 327 g/mol. The molecule has 0 saturated carbocycles. The number of hydrogen-bond donors (Lipinski definition) is 1. The zero-order valence-corrected chi connectivity index (χ0v) is 14.8. The highest BCUT2D eigenvalue weighted by Gasteiger charge is 2.27. The van der Waals surface area contributed by atoms with Crippen molar-refractivity contribution in [3.05, 3.63) is 52.3 Å². The second-order valence-electron chi connectivity index (χ2n) is 6.70. The fourth-order valence-electron chi connectivity index (χ4n) is 3.12. The molecule has 0 spiro atoms. The maximum Gasteiger partial charge on any atom is 0.255 e. The van der Waals surface area contributed by atoms with E-state index in [9.17, 15) is 4.79 Å². The van der Waals surface area contributed by atoms with Crippen LogP contribution in [-0.4, -0.2) is 28.9 Å². The number of benzene rings is 1. The summed E-state index contributed by atoms with van der Waals surface area (Å²) in [6, 6.07) is 6.25. The van der Waals surface area contributed by atoms with Crippen LogP contribution in [-0.2, 0) is 11.8 Å². The number of nitrogens with one attached hydrogen (secondary N) is 1. The quantitative estimate of drug-likeness (QED) is 0.939. The van der Waals surface area contributed by atoms with Gasteiger partial charge in [-0.1, -0.05) is 18.2 Å². The third-order valence-corrected chi connectivity index (χ3v) is 4.80. The van der Waals surface area contributed by atoms with Gasteiger partial charge in [0.05, 0.1) is 23.9 Å². The van der Waals surface area contributed by atoms with Crippen LogP contribution in [0.1, 0.15) is 58.0 Å². The third-order valence-electron chi connectivity index (χ3n) is 4.80. The second kappa shape index (κ2) is 6.77.